The van der Waals surface area contributed by atoms with Gasteiger partial charge in [0.1, 0.15) is 0 Å². The van der Waals surface area contributed by atoms with Crippen LogP contribution in [0.2, 0.25) is 0 Å². The Bertz CT molecular complexity index is 334. The average molecular weight is 200 g/mol. The topological polar surface area (TPSA) is 119 Å². The lowest BCUT2D eigenvalue weighted by atomic mass is 10.7. The molecule has 0 amide bonds. The van der Waals surface area contributed by atoms with E-state index in [2.05, 4.69) is 19.4 Å². The number of carboxylic acid groups (broad SMARTS) is 2. The summed E-state index contributed by atoms with van der Waals surface area (Å²) >= 11 is 0. The molecule has 8 nitrogen and oxygen atoms in total. The normalized spacial score (nSPS) is 9.14. The maximum absolute atomic E-state index is 10.1. The maximum Gasteiger partial charge on any atom is 0.512 e. The van der Waals surface area contributed by atoms with E-state index in [1.54, 1.807) is 0 Å². The molecule has 0 bridgehead atoms. The molecule has 1 heterocycles. The first-order valence-corrected chi connectivity index (χ1v) is 3.21. The molecule has 74 valence electrons. The van der Waals surface area contributed by atoms with Crippen LogP contribution < -0.4 is 9.47 Å². The fraction of sp³-hybridized carbons (Fsp3) is 0. The molecule has 0 unspecified atom stereocenters. The highest BCUT2D eigenvalue weighted by Crippen LogP contribution is 2.10. The van der Waals surface area contributed by atoms with Gasteiger partial charge in [0.2, 0.25) is 11.8 Å². The van der Waals surface area contributed by atoms with Gasteiger partial charge in [-0.1, -0.05) is 0 Å². The molecule has 0 aliphatic carbocycles. The van der Waals surface area contributed by atoms with Crippen LogP contribution in [-0.2, 0) is 0 Å². The first kappa shape index (κ1) is 9.71. The third kappa shape index (κ3) is 2.93. The molecule has 0 atom stereocenters. The van der Waals surface area contributed by atoms with Gasteiger partial charge in [-0.2, -0.15) is 4.98 Å². The quantitative estimate of drug-likeness (QED) is 0.665. The van der Waals surface area contributed by atoms with Crippen LogP contribution in [0.25, 0.3) is 0 Å². The van der Waals surface area contributed by atoms with Crippen molar-refractivity contribution in [3.05, 3.63) is 12.4 Å². The fourth-order valence-corrected chi connectivity index (χ4v) is 0.608. The summed E-state index contributed by atoms with van der Waals surface area (Å²) in [5.74, 6) is -0.729. The second kappa shape index (κ2) is 4.03. The second-order valence-electron chi connectivity index (χ2n) is 1.93. The van der Waals surface area contributed by atoms with E-state index in [-0.39, 0.29) is 11.8 Å². The van der Waals surface area contributed by atoms with Crippen molar-refractivity contribution in [1.82, 2.24) is 9.97 Å². The van der Waals surface area contributed by atoms with Crippen LogP contribution in [-0.4, -0.2) is 32.5 Å². The van der Waals surface area contributed by atoms with Gasteiger partial charge in [0.05, 0.1) is 12.4 Å². The van der Waals surface area contributed by atoms with Gasteiger partial charge in [-0.15, -0.1) is 0 Å². The molecular formula is C6H4N2O6. The SMILES string of the molecule is O=C(O)Oc1cncc(OC(=O)O)n1. The standard InChI is InChI=1S/C6H4N2O6/c9-5(10)13-3-1-7-2-4(8-3)14-6(11)12/h1-2H,(H,9,10)(H,11,12). The van der Waals surface area contributed by atoms with Gasteiger partial charge in [-0.25, -0.2) is 9.59 Å². The summed E-state index contributed by atoms with van der Waals surface area (Å²) in [5, 5.41) is 16.4. The number of rotatable bonds is 2. The Kier molecular flexibility index (Phi) is 2.79. The van der Waals surface area contributed by atoms with Crippen molar-refractivity contribution >= 4 is 12.3 Å². The molecule has 1 rings (SSSR count). The smallest absolute Gasteiger partial charge is 0.449 e. The molecule has 0 saturated carbocycles. The zero-order chi connectivity index (χ0) is 10.6. The molecule has 14 heavy (non-hydrogen) atoms. The molecule has 0 saturated heterocycles. The van der Waals surface area contributed by atoms with Crippen LogP contribution in [0.4, 0.5) is 9.59 Å². The number of hydrogen-bond acceptors (Lipinski definition) is 6. The first-order chi connectivity index (χ1) is 6.58. The van der Waals surface area contributed by atoms with Crippen molar-refractivity contribution in [3.8, 4) is 11.8 Å². The minimum Gasteiger partial charge on any atom is -0.449 e. The van der Waals surface area contributed by atoms with Crippen LogP contribution in [0, 0.1) is 0 Å². The first-order valence-electron chi connectivity index (χ1n) is 3.21. The van der Waals surface area contributed by atoms with Gasteiger partial charge in [0.15, 0.2) is 0 Å². The Morgan fingerprint density at radius 1 is 1.07 bits per heavy atom. The predicted octanol–water partition coefficient (Wildman–Crippen LogP) is 0.590. The van der Waals surface area contributed by atoms with E-state index in [1.165, 1.54) is 0 Å². The summed E-state index contributed by atoms with van der Waals surface area (Å²) in [6.07, 6.45) is -1.15. The van der Waals surface area contributed by atoms with Gasteiger partial charge < -0.3 is 19.7 Å². The predicted molar refractivity (Wildman–Crippen MR) is 39.3 cm³/mol. The monoisotopic (exact) mass is 200 g/mol. The van der Waals surface area contributed by atoms with Crippen molar-refractivity contribution in [1.29, 1.82) is 0 Å². The third-order valence-corrected chi connectivity index (χ3v) is 0.974. The number of hydrogen-bond donors (Lipinski definition) is 2. The zero-order valence-corrected chi connectivity index (χ0v) is 6.58. The summed E-state index contributed by atoms with van der Waals surface area (Å²) in [7, 11) is 0. The number of aromatic nitrogens is 2. The zero-order valence-electron chi connectivity index (χ0n) is 6.58. The van der Waals surface area contributed by atoms with Crippen LogP contribution in [0.1, 0.15) is 0 Å². The van der Waals surface area contributed by atoms with Crippen LogP contribution in [0.15, 0.2) is 12.4 Å². The van der Waals surface area contributed by atoms with E-state index >= 15 is 0 Å². The van der Waals surface area contributed by atoms with E-state index in [0.29, 0.717) is 0 Å². The lowest BCUT2D eigenvalue weighted by Crippen LogP contribution is -2.08. The summed E-state index contributed by atoms with van der Waals surface area (Å²) in [4.78, 5) is 26.9. The Morgan fingerprint density at radius 2 is 1.50 bits per heavy atom. The molecule has 0 aliphatic rings. The maximum atomic E-state index is 10.1. The van der Waals surface area contributed by atoms with Gasteiger partial charge >= 0.3 is 12.3 Å². The number of ether oxygens (including phenoxy) is 2. The Hall–Kier alpha value is -2.38. The van der Waals surface area contributed by atoms with Crippen LogP contribution in [0.3, 0.4) is 0 Å². The third-order valence-electron chi connectivity index (χ3n) is 0.974. The average Bonchev–Trinajstić information content (AvgIpc) is 2.01. The number of carbonyl (C=O) groups is 2. The van der Waals surface area contributed by atoms with Crippen molar-refractivity contribution in [2.24, 2.45) is 0 Å². The molecule has 2 N–H and O–H groups in total. The van der Waals surface area contributed by atoms with Gasteiger partial charge in [0.25, 0.3) is 0 Å². The fourth-order valence-electron chi connectivity index (χ4n) is 0.608. The minimum atomic E-state index is -1.58. The minimum absolute atomic E-state index is 0.365. The molecular weight excluding hydrogens is 196 g/mol. The van der Waals surface area contributed by atoms with Gasteiger partial charge in [-0.3, -0.25) is 4.98 Å². The molecule has 0 aliphatic heterocycles. The van der Waals surface area contributed by atoms with Crippen molar-refractivity contribution in [2.75, 3.05) is 0 Å². The molecule has 1 aromatic heterocycles. The Labute approximate surface area is 76.7 Å². The van der Waals surface area contributed by atoms with E-state index in [0.717, 1.165) is 12.4 Å². The molecule has 0 radical (unpaired) electrons. The molecule has 0 spiro atoms. The second-order valence-corrected chi connectivity index (χ2v) is 1.93. The summed E-state index contributed by atoms with van der Waals surface area (Å²) in [6, 6.07) is 0. The molecule has 1 aromatic rings. The van der Waals surface area contributed by atoms with E-state index in [1.807, 2.05) is 0 Å². The van der Waals surface area contributed by atoms with E-state index < -0.39 is 12.3 Å². The van der Waals surface area contributed by atoms with Crippen LogP contribution in [0.5, 0.6) is 11.8 Å². The largest absolute Gasteiger partial charge is 0.512 e. The van der Waals surface area contributed by atoms with E-state index in [4.69, 9.17) is 10.2 Å². The molecule has 8 heteroatoms. The van der Waals surface area contributed by atoms with Crippen molar-refractivity contribution in [2.45, 2.75) is 0 Å². The highest BCUT2D eigenvalue weighted by atomic mass is 16.7. The van der Waals surface area contributed by atoms with Gasteiger partial charge in [0, 0.05) is 0 Å². The number of nitrogens with zero attached hydrogens (tertiary/aromatic N) is 2. The lowest BCUT2D eigenvalue weighted by Gasteiger charge is -2.00. The lowest BCUT2D eigenvalue weighted by molar-refractivity contribution is 0.138. The Balaban J connectivity index is 2.78. The molecule has 0 fully saturated rings. The highest BCUT2D eigenvalue weighted by molar-refractivity contribution is 5.61. The van der Waals surface area contributed by atoms with E-state index in [9.17, 15) is 9.59 Å². The van der Waals surface area contributed by atoms with Crippen molar-refractivity contribution in [3.63, 3.8) is 0 Å². The molecule has 0 aromatic carbocycles. The van der Waals surface area contributed by atoms with Gasteiger partial charge in [-0.05, 0) is 0 Å². The van der Waals surface area contributed by atoms with Crippen molar-refractivity contribution < 1.29 is 29.3 Å². The summed E-state index contributed by atoms with van der Waals surface area (Å²) in [5.41, 5.74) is 0. The van der Waals surface area contributed by atoms with Crippen LogP contribution >= 0.6 is 0 Å². The highest BCUT2D eigenvalue weighted by Gasteiger charge is 2.07. The summed E-state index contributed by atoms with van der Waals surface area (Å²) in [6.45, 7) is 0. The Morgan fingerprint density at radius 3 is 1.86 bits per heavy atom. The summed E-state index contributed by atoms with van der Waals surface area (Å²) < 4.78 is 8.21.